The number of methoxy groups -OCH3 is 1. The standard InChI is InChI=1S/C52H81ClN3O11P/c1-7-8-9-10-11-12-13-14-15-16-17-18-19-20-23-26-50(58)64-39-45(40-66-68(61,62)65-36-35-56(3,4)5)67-51(59)27-24-21-22-25-34-54-49(57)38-46-41(2)55(48-33-32-44(63-6)37-47(46)48)52(60)42-28-30-43(53)31-29-42/h28-33,37,45H,7-27,34-36,38-40H2,1-6H3,(H-,54,57,61,62). The summed E-state index contributed by atoms with van der Waals surface area (Å²) in [5.41, 5.74) is 2.51. The van der Waals surface area contributed by atoms with E-state index in [0.717, 1.165) is 36.6 Å². The normalized spacial score (nSPS) is 13.0. The van der Waals surface area contributed by atoms with Crippen molar-refractivity contribution in [2.45, 2.75) is 161 Å². The second-order valence-corrected chi connectivity index (χ2v) is 20.7. The molecule has 3 aromatic rings. The number of esters is 2. The number of phosphoric ester groups is 1. The Balaban J connectivity index is 1.39. The summed E-state index contributed by atoms with van der Waals surface area (Å²) < 4.78 is 41.1. The van der Waals surface area contributed by atoms with E-state index in [1.54, 1.807) is 42.0 Å². The number of likely N-dealkylation sites (N-methyl/N-ethyl adjacent to an activating group) is 1. The molecular formula is C52H81ClN3O11P. The first-order valence-corrected chi connectivity index (χ1v) is 26.9. The molecule has 0 fully saturated rings. The summed E-state index contributed by atoms with van der Waals surface area (Å²) in [6.07, 6.45) is 20.1. The zero-order chi connectivity index (χ0) is 49.8. The molecule has 0 bridgehead atoms. The van der Waals surface area contributed by atoms with Crippen molar-refractivity contribution in [3.8, 4) is 5.75 Å². The molecular weight excluding hydrogens is 909 g/mol. The molecule has 2 unspecified atom stereocenters. The van der Waals surface area contributed by atoms with E-state index in [-0.39, 0.29) is 44.3 Å². The Bertz CT molecular complexity index is 2020. The van der Waals surface area contributed by atoms with Crippen LogP contribution in [0, 0.1) is 6.92 Å². The third kappa shape index (κ3) is 23.7. The van der Waals surface area contributed by atoms with Crippen molar-refractivity contribution in [1.29, 1.82) is 0 Å². The maximum atomic E-state index is 13.6. The van der Waals surface area contributed by atoms with Gasteiger partial charge in [0.2, 0.25) is 5.91 Å². The SMILES string of the molecule is CCCCCCCCCCCCCCCCCC(=O)OCC(COP(=O)([O-])OCC[N+](C)(C)C)OC(=O)CCCCCCNC(=O)Cc1c(C)n(C(=O)c2ccc(Cl)cc2)c2ccc(OC)cc12. The van der Waals surface area contributed by atoms with Crippen molar-refractivity contribution in [3.05, 3.63) is 64.3 Å². The Kier molecular flexibility index (Phi) is 27.7. The van der Waals surface area contributed by atoms with E-state index in [2.05, 4.69) is 12.2 Å². The number of benzene rings is 2. The van der Waals surface area contributed by atoms with Gasteiger partial charge in [-0.05, 0) is 74.2 Å². The van der Waals surface area contributed by atoms with Crippen LogP contribution < -0.4 is 14.9 Å². The van der Waals surface area contributed by atoms with Gasteiger partial charge in [0.25, 0.3) is 13.7 Å². The first-order chi connectivity index (χ1) is 32.5. The highest BCUT2D eigenvalue weighted by atomic mass is 35.5. The molecule has 0 radical (unpaired) electrons. The number of hydrogen-bond donors (Lipinski definition) is 1. The van der Waals surface area contributed by atoms with E-state index in [9.17, 15) is 28.6 Å². The number of aromatic nitrogens is 1. The summed E-state index contributed by atoms with van der Waals surface area (Å²) in [5, 5.41) is 4.25. The van der Waals surface area contributed by atoms with Gasteiger partial charge in [-0.15, -0.1) is 0 Å². The minimum atomic E-state index is -4.71. The molecule has 0 spiro atoms. The maximum Gasteiger partial charge on any atom is 0.306 e. The highest BCUT2D eigenvalue weighted by molar-refractivity contribution is 7.45. The predicted octanol–water partition coefficient (Wildman–Crippen LogP) is 10.8. The first-order valence-electron chi connectivity index (χ1n) is 25.0. The average Bonchev–Trinajstić information content (AvgIpc) is 3.56. The maximum absolute atomic E-state index is 13.6. The number of quaternary nitrogens is 1. The fourth-order valence-corrected chi connectivity index (χ4v) is 8.75. The Labute approximate surface area is 411 Å². The number of nitrogens with one attached hydrogen (secondary N) is 1. The number of carbonyl (C=O) groups excluding carboxylic acids is 4. The van der Waals surface area contributed by atoms with Crippen LogP contribution in [0.3, 0.4) is 0 Å². The topological polar surface area (TPSA) is 172 Å². The zero-order valence-corrected chi connectivity index (χ0v) is 43.6. The molecule has 0 aliphatic rings. The second-order valence-electron chi connectivity index (χ2n) is 18.9. The van der Waals surface area contributed by atoms with Crippen LogP contribution in [0.5, 0.6) is 5.75 Å². The number of halogens is 1. The van der Waals surface area contributed by atoms with Gasteiger partial charge in [-0.1, -0.05) is 121 Å². The Morgan fingerprint density at radius 2 is 1.31 bits per heavy atom. The minimum Gasteiger partial charge on any atom is -0.756 e. The number of phosphoric acid groups is 1. The fraction of sp³-hybridized carbons (Fsp3) is 0.654. The van der Waals surface area contributed by atoms with Gasteiger partial charge in [0.1, 0.15) is 25.5 Å². The number of unbranched alkanes of at least 4 members (excludes halogenated alkanes) is 17. The monoisotopic (exact) mass is 990 g/mol. The number of amides is 1. The number of carbonyl (C=O) groups is 4. The van der Waals surface area contributed by atoms with Crippen molar-refractivity contribution in [3.63, 3.8) is 0 Å². The van der Waals surface area contributed by atoms with Crippen LogP contribution in [0.15, 0.2) is 42.5 Å². The number of nitrogens with zero attached hydrogens (tertiary/aromatic N) is 2. The lowest BCUT2D eigenvalue weighted by Crippen LogP contribution is -2.37. The summed E-state index contributed by atoms with van der Waals surface area (Å²) in [6.45, 7) is 3.95. The van der Waals surface area contributed by atoms with Crippen LogP contribution in [0.1, 0.15) is 163 Å². The van der Waals surface area contributed by atoms with Crippen molar-refractivity contribution >= 4 is 54.1 Å². The molecule has 0 aliphatic heterocycles. The van der Waals surface area contributed by atoms with Crippen LogP contribution in [0.4, 0.5) is 0 Å². The largest absolute Gasteiger partial charge is 0.756 e. The molecule has 2 atom stereocenters. The zero-order valence-electron chi connectivity index (χ0n) is 41.9. The van der Waals surface area contributed by atoms with E-state index >= 15 is 0 Å². The third-order valence-corrected chi connectivity index (χ3v) is 13.2. The van der Waals surface area contributed by atoms with Crippen LogP contribution in [0.25, 0.3) is 10.9 Å². The summed E-state index contributed by atoms with van der Waals surface area (Å²) in [5.74, 6) is -0.831. The van der Waals surface area contributed by atoms with E-state index in [1.807, 2.05) is 40.2 Å². The van der Waals surface area contributed by atoms with Crippen molar-refractivity contribution in [2.75, 3.05) is 61.2 Å². The van der Waals surface area contributed by atoms with Gasteiger partial charge in [0.05, 0.1) is 46.8 Å². The smallest absolute Gasteiger partial charge is 0.306 e. The number of rotatable bonds is 37. The Morgan fingerprint density at radius 1 is 0.750 bits per heavy atom. The molecule has 1 amide bonds. The lowest BCUT2D eigenvalue weighted by atomic mass is 10.0. The van der Waals surface area contributed by atoms with Crippen LogP contribution in [-0.2, 0) is 43.9 Å². The molecule has 2 aromatic carbocycles. The third-order valence-electron chi connectivity index (χ3n) is 11.9. The van der Waals surface area contributed by atoms with Gasteiger partial charge in [0, 0.05) is 41.1 Å². The molecule has 1 N–H and O–H groups in total. The lowest BCUT2D eigenvalue weighted by Gasteiger charge is -2.28. The van der Waals surface area contributed by atoms with Gasteiger partial charge in [-0.25, -0.2) is 0 Å². The van der Waals surface area contributed by atoms with Gasteiger partial charge in [-0.2, -0.15) is 0 Å². The second kappa shape index (κ2) is 32.2. The van der Waals surface area contributed by atoms with Gasteiger partial charge in [0.15, 0.2) is 6.10 Å². The average molecular weight is 991 g/mol. The van der Waals surface area contributed by atoms with Gasteiger partial charge >= 0.3 is 11.9 Å². The van der Waals surface area contributed by atoms with Crippen LogP contribution in [-0.4, -0.2) is 100 Å². The van der Waals surface area contributed by atoms with E-state index in [1.165, 1.54) is 70.6 Å². The van der Waals surface area contributed by atoms with Crippen LogP contribution >= 0.6 is 19.4 Å². The van der Waals surface area contributed by atoms with Crippen molar-refractivity contribution < 1.29 is 56.4 Å². The molecule has 68 heavy (non-hydrogen) atoms. The lowest BCUT2D eigenvalue weighted by molar-refractivity contribution is -0.870. The molecule has 0 saturated carbocycles. The van der Waals surface area contributed by atoms with E-state index < -0.39 is 32.5 Å². The van der Waals surface area contributed by atoms with Gasteiger partial charge in [-0.3, -0.25) is 28.3 Å². The van der Waals surface area contributed by atoms with E-state index in [4.69, 9.17) is 34.9 Å². The molecule has 1 aromatic heterocycles. The highest BCUT2D eigenvalue weighted by Gasteiger charge is 2.24. The molecule has 382 valence electrons. The number of ether oxygens (including phenoxy) is 3. The molecule has 14 nitrogen and oxygen atoms in total. The molecule has 0 saturated heterocycles. The van der Waals surface area contributed by atoms with E-state index in [0.29, 0.717) is 70.8 Å². The fourth-order valence-electron chi connectivity index (χ4n) is 7.89. The Hall–Kier alpha value is -3.78. The van der Waals surface area contributed by atoms with Crippen LogP contribution in [0.2, 0.25) is 5.02 Å². The molecule has 1 heterocycles. The summed E-state index contributed by atoms with van der Waals surface area (Å²) in [6, 6.07) is 12.1. The molecule has 3 rings (SSSR count). The number of fused-ring (bicyclic) bond motifs is 1. The summed E-state index contributed by atoms with van der Waals surface area (Å²) >= 11 is 6.06. The van der Waals surface area contributed by atoms with Crippen molar-refractivity contribution in [2.24, 2.45) is 0 Å². The van der Waals surface area contributed by atoms with Gasteiger partial charge < -0.3 is 38.0 Å². The first kappa shape index (κ1) is 58.5. The predicted molar refractivity (Wildman–Crippen MR) is 267 cm³/mol. The summed E-state index contributed by atoms with van der Waals surface area (Å²) in [4.78, 5) is 64.8. The summed E-state index contributed by atoms with van der Waals surface area (Å²) in [7, 11) is 2.56. The Morgan fingerprint density at radius 3 is 1.88 bits per heavy atom. The quantitative estimate of drug-likeness (QED) is 0.0252. The minimum absolute atomic E-state index is 0.0616. The highest BCUT2D eigenvalue weighted by Crippen LogP contribution is 2.38. The van der Waals surface area contributed by atoms with Crippen molar-refractivity contribution in [1.82, 2.24) is 9.88 Å². The molecule has 0 aliphatic carbocycles. The number of hydrogen-bond acceptors (Lipinski definition) is 11. The molecule has 16 heteroatoms.